The number of aromatic nitrogens is 4. The highest BCUT2D eigenvalue weighted by molar-refractivity contribution is 6.07. The molecule has 11 heteroatoms. The molecule has 11 nitrogen and oxygen atoms in total. The fourth-order valence-corrected chi connectivity index (χ4v) is 6.21. The van der Waals surface area contributed by atoms with Gasteiger partial charge in [0.15, 0.2) is 0 Å². The van der Waals surface area contributed by atoms with Crippen LogP contribution in [0.15, 0.2) is 18.5 Å². The van der Waals surface area contributed by atoms with Crippen LogP contribution in [0.3, 0.4) is 0 Å². The summed E-state index contributed by atoms with van der Waals surface area (Å²) in [6, 6.07) is 1.73. The monoisotopic (exact) mass is 504 g/mol. The van der Waals surface area contributed by atoms with Crippen molar-refractivity contribution in [3.05, 3.63) is 46.7 Å². The van der Waals surface area contributed by atoms with Crippen LogP contribution in [-0.2, 0) is 28.1 Å². The molecule has 194 valence electrons. The smallest absolute Gasteiger partial charge is 0.322 e. The normalized spacial score (nSPS) is 21.0. The molecule has 0 bridgehead atoms. The third-order valence-corrected chi connectivity index (χ3v) is 8.24. The number of carbonyl (C=O) groups excluding carboxylic acids is 3. The number of urea groups is 1. The third kappa shape index (κ3) is 3.79. The second kappa shape index (κ2) is 8.14. The van der Waals surface area contributed by atoms with Crippen molar-refractivity contribution in [1.82, 2.24) is 35.3 Å². The molecule has 3 aromatic rings. The van der Waals surface area contributed by atoms with E-state index in [2.05, 4.69) is 38.4 Å². The lowest BCUT2D eigenvalue weighted by molar-refractivity contribution is -0.136. The van der Waals surface area contributed by atoms with Gasteiger partial charge in [0.25, 0.3) is 5.91 Å². The van der Waals surface area contributed by atoms with Gasteiger partial charge in [0.05, 0.1) is 35.7 Å². The number of nitrogens with zero attached hydrogens (tertiary/aromatic N) is 4. The van der Waals surface area contributed by atoms with Crippen molar-refractivity contribution in [3.63, 3.8) is 0 Å². The number of piperidine rings is 1. The topological polar surface area (TPSA) is 151 Å². The molecule has 0 radical (unpaired) electrons. The van der Waals surface area contributed by atoms with Crippen LogP contribution in [0, 0.1) is 6.92 Å². The first-order chi connectivity index (χ1) is 17.6. The maximum Gasteiger partial charge on any atom is 0.322 e. The first-order valence-corrected chi connectivity index (χ1v) is 12.8. The summed E-state index contributed by atoms with van der Waals surface area (Å²) in [7, 11) is 0. The van der Waals surface area contributed by atoms with E-state index in [0.717, 1.165) is 28.0 Å². The van der Waals surface area contributed by atoms with Crippen molar-refractivity contribution in [1.29, 1.82) is 0 Å². The van der Waals surface area contributed by atoms with E-state index in [9.17, 15) is 14.4 Å². The van der Waals surface area contributed by atoms with E-state index in [-0.39, 0.29) is 17.7 Å². The summed E-state index contributed by atoms with van der Waals surface area (Å²) in [5.41, 5.74) is 10.5. The predicted octanol–water partition coefficient (Wildman–Crippen LogP) is 1.54. The highest BCUT2D eigenvalue weighted by Gasteiger charge is 2.48. The van der Waals surface area contributed by atoms with Gasteiger partial charge in [-0.3, -0.25) is 20.0 Å². The average Bonchev–Trinajstić information content (AvgIpc) is 3.52. The highest BCUT2D eigenvalue weighted by atomic mass is 16.2. The number of fused-ring (bicyclic) bond motifs is 4. The molecule has 1 aromatic carbocycles. The van der Waals surface area contributed by atoms with Crippen LogP contribution >= 0.6 is 0 Å². The van der Waals surface area contributed by atoms with Crippen LogP contribution in [0.4, 0.5) is 4.79 Å². The largest absolute Gasteiger partial charge is 0.342 e. The van der Waals surface area contributed by atoms with Gasteiger partial charge in [0.2, 0.25) is 5.91 Å². The van der Waals surface area contributed by atoms with Crippen molar-refractivity contribution >= 4 is 28.7 Å². The molecule has 5 N–H and O–H groups in total. The molecule has 1 spiro atoms. The Hall–Kier alpha value is -3.73. The molecule has 2 fully saturated rings. The fraction of sp³-hybridized carbons (Fsp3) is 0.500. The number of hydrogen-bond donors (Lipinski definition) is 4. The molecular formula is C26H32N8O3. The third-order valence-electron chi connectivity index (χ3n) is 8.24. The minimum atomic E-state index is -0.902. The van der Waals surface area contributed by atoms with Crippen LogP contribution in [-0.4, -0.2) is 61.1 Å². The maximum absolute atomic E-state index is 13.6. The molecule has 3 aliphatic rings. The minimum absolute atomic E-state index is 0.0252. The molecule has 2 saturated heterocycles. The number of aryl methyl sites for hydroxylation is 1. The summed E-state index contributed by atoms with van der Waals surface area (Å²) in [6.45, 7) is 7.45. The van der Waals surface area contributed by atoms with Crippen LogP contribution in [0.25, 0.3) is 10.9 Å². The Bertz CT molecular complexity index is 1440. The lowest BCUT2D eigenvalue weighted by atomic mass is 9.87. The first kappa shape index (κ1) is 23.7. The number of nitrogens with two attached hydrogens (primary N) is 1. The van der Waals surface area contributed by atoms with Crippen LogP contribution in [0.2, 0.25) is 0 Å². The molecule has 4 amide bonds. The molecule has 37 heavy (non-hydrogen) atoms. The van der Waals surface area contributed by atoms with Crippen molar-refractivity contribution in [2.45, 2.75) is 70.0 Å². The fourth-order valence-electron chi connectivity index (χ4n) is 6.21. The molecule has 0 aliphatic carbocycles. The summed E-state index contributed by atoms with van der Waals surface area (Å²) < 4.78 is 2.18. The van der Waals surface area contributed by atoms with Crippen molar-refractivity contribution in [2.24, 2.45) is 5.73 Å². The quantitative estimate of drug-likeness (QED) is 0.397. The van der Waals surface area contributed by atoms with Gasteiger partial charge in [0, 0.05) is 30.8 Å². The Kier molecular flexibility index (Phi) is 5.20. The van der Waals surface area contributed by atoms with Crippen molar-refractivity contribution in [3.8, 4) is 0 Å². The average molecular weight is 505 g/mol. The van der Waals surface area contributed by atoms with Gasteiger partial charge < -0.3 is 20.5 Å². The summed E-state index contributed by atoms with van der Waals surface area (Å²) in [6.07, 6.45) is 5.50. The van der Waals surface area contributed by atoms with Crippen LogP contribution in [0.5, 0.6) is 0 Å². The Balaban J connectivity index is 1.31. The lowest BCUT2D eigenvalue weighted by Gasteiger charge is -2.37. The molecule has 6 rings (SSSR count). The molecule has 2 aromatic heterocycles. The molecular weight excluding hydrogens is 472 g/mol. The zero-order valence-corrected chi connectivity index (χ0v) is 21.4. The predicted molar refractivity (Wildman–Crippen MR) is 136 cm³/mol. The molecule has 0 unspecified atom stereocenters. The number of H-pyrrole nitrogens is 1. The number of hydrogen-bond acceptors (Lipinski definition) is 6. The summed E-state index contributed by atoms with van der Waals surface area (Å²) in [4.78, 5) is 44.1. The number of aromatic amines is 1. The second-order valence-corrected chi connectivity index (χ2v) is 11.3. The highest BCUT2D eigenvalue weighted by Crippen LogP contribution is 2.37. The number of imidazole rings is 1. The summed E-state index contributed by atoms with van der Waals surface area (Å²) in [5.74, 6) is 0.462. The Labute approximate surface area is 214 Å². The van der Waals surface area contributed by atoms with Gasteiger partial charge >= 0.3 is 6.03 Å². The van der Waals surface area contributed by atoms with Gasteiger partial charge in [-0.1, -0.05) is 6.07 Å². The number of likely N-dealkylation sites (tertiary alicyclic amines) is 1. The van der Waals surface area contributed by atoms with E-state index in [1.54, 1.807) is 4.90 Å². The van der Waals surface area contributed by atoms with E-state index in [0.29, 0.717) is 45.3 Å². The number of nitrogens with one attached hydrogen (secondary N) is 3. The second-order valence-electron chi connectivity index (χ2n) is 11.3. The zero-order chi connectivity index (χ0) is 26.1. The molecule has 1 atom stereocenters. The summed E-state index contributed by atoms with van der Waals surface area (Å²) in [5, 5.41) is 13.6. The van der Waals surface area contributed by atoms with Crippen LogP contribution < -0.4 is 16.4 Å². The molecule has 5 heterocycles. The van der Waals surface area contributed by atoms with Crippen molar-refractivity contribution < 1.29 is 14.4 Å². The molecule has 0 saturated carbocycles. The van der Waals surface area contributed by atoms with E-state index < -0.39 is 17.1 Å². The first-order valence-electron chi connectivity index (χ1n) is 12.8. The number of rotatable bonds is 3. The number of amides is 4. The minimum Gasteiger partial charge on any atom is -0.342 e. The summed E-state index contributed by atoms with van der Waals surface area (Å²) >= 11 is 0. The number of benzene rings is 1. The van der Waals surface area contributed by atoms with Crippen molar-refractivity contribution in [2.75, 3.05) is 13.1 Å². The Morgan fingerprint density at radius 1 is 1.24 bits per heavy atom. The lowest BCUT2D eigenvalue weighted by Crippen LogP contribution is -2.55. The van der Waals surface area contributed by atoms with Gasteiger partial charge in [-0.2, -0.15) is 5.10 Å². The SMILES string of the molecule is Cc1cc2c(c3cn[nH]c13)Cn1c(C(C)(C)N)cnc1[C@H](CC(=O)N1CCC3(CC1)NC(=O)NC3=O)C2. The van der Waals surface area contributed by atoms with Gasteiger partial charge in [-0.15, -0.1) is 0 Å². The van der Waals surface area contributed by atoms with Gasteiger partial charge in [-0.05, 0) is 56.7 Å². The van der Waals surface area contributed by atoms with E-state index in [1.165, 1.54) is 11.1 Å². The van der Waals surface area contributed by atoms with Crippen LogP contribution in [0.1, 0.15) is 67.2 Å². The van der Waals surface area contributed by atoms with E-state index in [4.69, 9.17) is 10.7 Å². The number of carbonyl (C=O) groups is 3. The van der Waals surface area contributed by atoms with Gasteiger partial charge in [0.1, 0.15) is 11.4 Å². The molecule has 3 aliphatic heterocycles. The number of imide groups is 1. The van der Waals surface area contributed by atoms with E-state index >= 15 is 0 Å². The zero-order valence-electron chi connectivity index (χ0n) is 21.4. The Morgan fingerprint density at radius 2 is 2.00 bits per heavy atom. The van der Waals surface area contributed by atoms with E-state index in [1.807, 2.05) is 26.2 Å². The standard InChI is InChI=1S/C26H32N8O3/c1-14-8-15-9-16(10-20(35)33-6-4-26(5-7-33)23(36)30-24(37)31-26)22-28-12-19(25(2,3)27)34(22)13-18(15)17-11-29-32-21(14)17/h8,11-12,16H,4-7,9-10,13,27H2,1-3H3,(H,29,32)(H2,30,31,36,37)/t16-/m0/s1. The van der Waals surface area contributed by atoms with Gasteiger partial charge in [-0.25, -0.2) is 9.78 Å². The maximum atomic E-state index is 13.6. The Morgan fingerprint density at radius 3 is 2.68 bits per heavy atom.